The van der Waals surface area contributed by atoms with Crippen molar-refractivity contribution in [3.63, 3.8) is 0 Å². The molecular weight excluding hydrogens is 309 g/mol. The molecule has 0 radical (unpaired) electrons. The summed E-state index contributed by atoms with van der Waals surface area (Å²) in [5.74, 6) is 0. The molecule has 0 aliphatic heterocycles. The molecule has 0 aromatic carbocycles. The smallest absolute Gasteiger partial charge is 0.197 e. The predicted octanol–water partition coefficient (Wildman–Crippen LogP) is 4.39. The summed E-state index contributed by atoms with van der Waals surface area (Å²) in [6, 6.07) is 1.97. The maximum Gasteiger partial charge on any atom is 0.197 e. The molecule has 0 bridgehead atoms. The van der Waals surface area contributed by atoms with Gasteiger partial charge in [-0.2, -0.15) is 5.10 Å². The van der Waals surface area contributed by atoms with Gasteiger partial charge in [0, 0.05) is 24.6 Å². The van der Waals surface area contributed by atoms with E-state index in [-0.39, 0.29) is 6.04 Å². The van der Waals surface area contributed by atoms with E-state index in [0.29, 0.717) is 5.22 Å². The van der Waals surface area contributed by atoms with Crippen LogP contribution >= 0.6 is 23.2 Å². The van der Waals surface area contributed by atoms with E-state index in [4.69, 9.17) is 27.6 Å². The summed E-state index contributed by atoms with van der Waals surface area (Å²) in [5.41, 5.74) is 2.85. The third-order valence-corrected chi connectivity index (χ3v) is 4.31. The largest absolute Gasteiger partial charge is 0.453 e. The minimum atomic E-state index is 0.0649. The summed E-state index contributed by atoms with van der Waals surface area (Å²) >= 11 is 12.5. The van der Waals surface area contributed by atoms with Crippen molar-refractivity contribution in [3.8, 4) is 0 Å². The zero-order valence-corrected chi connectivity index (χ0v) is 14.1. The Kier molecular flexibility index (Phi) is 5.73. The highest BCUT2D eigenvalue weighted by Crippen LogP contribution is 2.30. The first kappa shape index (κ1) is 16.4. The molecule has 2 aromatic rings. The van der Waals surface area contributed by atoms with E-state index < -0.39 is 0 Å². The minimum Gasteiger partial charge on any atom is -0.453 e. The number of hydrogen-bond acceptors (Lipinski definition) is 3. The SMILES string of the molecule is CCCNC(Cc1c(Cl)c(C)nn1CC)c1ccoc1Cl. The van der Waals surface area contributed by atoms with Crippen molar-refractivity contribution < 1.29 is 4.42 Å². The molecule has 1 unspecified atom stereocenters. The van der Waals surface area contributed by atoms with Crippen LogP contribution < -0.4 is 5.32 Å². The lowest BCUT2D eigenvalue weighted by atomic mass is 10.0. The van der Waals surface area contributed by atoms with Crippen LogP contribution in [0.2, 0.25) is 10.2 Å². The average molecular weight is 330 g/mol. The van der Waals surface area contributed by atoms with Gasteiger partial charge in [0.2, 0.25) is 0 Å². The first-order chi connectivity index (χ1) is 10.1. The number of aromatic nitrogens is 2. The lowest BCUT2D eigenvalue weighted by Gasteiger charge is -2.18. The van der Waals surface area contributed by atoms with Crippen molar-refractivity contribution >= 4 is 23.2 Å². The minimum absolute atomic E-state index is 0.0649. The Morgan fingerprint density at radius 3 is 2.71 bits per heavy atom. The summed E-state index contributed by atoms with van der Waals surface area (Å²) in [7, 11) is 0. The summed E-state index contributed by atoms with van der Waals surface area (Å²) in [6.45, 7) is 7.82. The van der Waals surface area contributed by atoms with Gasteiger partial charge < -0.3 is 9.73 Å². The molecule has 1 atom stereocenters. The molecule has 4 nitrogen and oxygen atoms in total. The van der Waals surface area contributed by atoms with Crippen molar-refractivity contribution in [3.05, 3.63) is 39.5 Å². The molecule has 0 amide bonds. The van der Waals surface area contributed by atoms with Crippen LogP contribution in [-0.2, 0) is 13.0 Å². The Hall–Kier alpha value is -0.970. The molecule has 0 aliphatic rings. The van der Waals surface area contributed by atoms with E-state index >= 15 is 0 Å². The Balaban J connectivity index is 2.29. The van der Waals surface area contributed by atoms with Gasteiger partial charge in [-0.3, -0.25) is 4.68 Å². The Labute approximate surface area is 135 Å². The summed E-state index contributed by atoms with van der Waals surface area (Å²) in [6.07, 6.45) is 3.39. The van der Waals surface area contributed by atoms with Crippen LogP contribution in [0.3, 0.4) is 0 Å². The Morgan fingerprint density at radius 2 is 2.14 bits per heavy atom. The molecule has 21 heavy (non-hydrogen) atoms. The standard InChI is InChI=1S/C15H21Cl2N3O/c1-4-7-18-12(11-6-8-21-15(11)17)9-13-14(16)10(3)19-20(13)5-2/h6,8,12,18H,4-5,7,9H2,1-3H3. The maximum atomic E-state index is 6.40. The van der Waals surface area contributed by atoms with Gasteiger partial charge in [0.1, 0.15) is 0 Å². The van der Waals surface area contributed by atoms with Crippen LogP contribution in [0.15, 0.2) is 16.7 Å². The van der Waals surface area contributed by atoms with E-state index in [0.717, 1.165) is 47.9 Å². The molecule has 0 aliphatic carbocycles. The highest BCUT2D eigenvalue weighted by Gasteiger charge is 2.21. The van der Waals surface area contributed by atoms with Crippen molar-refractivity contribution in [2.75, 3.05) is 6.54 Å². The predicted molar refractivity (Wildman–Crippen MR) is 86.1 cm³/mol. The topological polar surface area (TPSA) is 43.0 Å². The second-order valence-corrected chi connectivity index (χ2v) is 5.74. The molecule has 0 fully saturated rings. The van der Waals surface area contributed by atoms with E-state index in [9.17, 15) is 0 Å². The molecular formula is C15H21Cl2N3O. The summed E-state index contributed by atoms with van der Waals surface area (Å²) in [5, 5.41) is 9.14. The summed E-state index contributed by atoms with van der Waals surface area (Å²) in [4.78, 5) is 0. The molecule has 0 spiro atoms. The van der Waals surface area contributed by atoms with Gasteiger partial charge in [0.25, 0.3) is 0 Å². The van der Waals surface area contributed by atoms with Crippen LogP contribution in [0.4, 0.5) is 0 Å². The monoisotopic (exact) mass is 329 g/mol. The lowest BCUT2D eigenvalue weighted by Crippen LogP contribution is -2.25. The number of nitrogens with zero attached hydrogens (tertiary/aromatic N) is 2. The van der Waals surface area contributed by atoms with Gasteiger partial charge in [-0.05, 0) is 44.5 Å². The number of nitrogens with one attached hydrogen (secondary N) is 1. The summed E-state index contributed by atoms with van der Waals surface area (Å²) < 4.78 is 7.18. The second kappa shape index (κ2) is 7.34. The number of rotatable bonds is 7. The van der Waals surface area contributed by atoms with Gasteiger partial charge in [-0.15, -0.1) is 0 Å². The fourth-order valence-electron chi connectivity index (χ4n) is 2.42. The van der Waals surface area contributed by atoms with E-state index in [1.165, 1.54) is 0 Å². The number of hydrogen-bond donors (Lipinski definition) is 1. The zero-order chi connectivity index (χ0) is 15.4. The van der Waals surface area contributed by atoms with Crippen molar-refractivity contribution in [1.82, 2.24) is 15.1 Å². The van der Waals surface area contributed by atoms with Gasteiger partial charge in [-0.1, -0.05) is 18.5 Å². The third kappa shape index (κ3) is 3.62. The fraction of sp³-hybridized carbons (Fsp3) is 0.533. The zero-order valence-electron chi connectivity index (χ0n) is 12.6. The van der Waals surface area contributed by atoms with Gasteiger partial charge in [-0.25, -0.2) is 0 Å². The van der Waals surface area contributed by atoms with Crippen LogP contribution in [-0.4, -0.2) is 16.3 Å². The highest BCUT2D eigenvalue weighted by atomic mass is 35.5. The Bertz CT molecular complexity index is 592. The molecule has 2 heterocycles. The van der Waals surface area contributed by atoms with Gasteiger partial charge >= 0.3 is 0 Å². The molecule has 0 saturated heterocycles. The number of furan rings is 1. The molecule has 116 valence electrons. The highest BCUT2D eigenvalue weighted by molar-refractivity contribution is 6.32. The first-order valence-corrected chi connectivity index (χ1v) is 8.02. The van der Waals surface area contributed by atoms with Gasteiger partial charge in [0.05, 0.1) is 22.7 Å². The molecule has 6 heteroatoms. The molecule has 1 N–H and O–H groups in total. The van der Waals surface area contributed by atoms with Crippen LogP contribution in [0, 0.1) is 6.92 Å². The molecule has 2 rings (SSSR count). The quantitative estimate of drug-likeness (QED) is 0.818. The maximum absolute atomic E-state index is 6.40. The molecule has 0 saturated carbocycles. The Morgan fingerprint density at radius 1 is 1.38 bits per heavy atom. The van der Waals surface area contributed by atoms with Gasteiger partial charge in [0.15, 0.2) is 5.22 Å². The average Bonchev–Trinajstić information content (AvgIpc) is 3.01. The van der Waals surface area contributed by atoms with Crippen molar-refractivity contribution in [2.45, 2.75) is 46.2 Å². The van der Waals surface area contributed by atoms with E-state index in [1.807, 2.05) is 17.7 Å². The number of halogens is 2. The number of aryl methyl sites for hydroxylation is 2. The van der Waals surface area contributed by atoms with Crippen LogP contribution in [0.1, 0.15) is 43.3 Å². The second-order valence-electron chi connectivity index (χ2n) is 5.02. The third-order valence-electron chi connectivity index (χ3n) is 3.51. The van der Waals surface area contributed by atoms with Crippen LogP contribution in [0.25, 0.3) is 0 Å². The van der Waals surface area contributed by atoms with E-state index in [1.54, 1.807) is 6.26 Å². The lowest BCUT2D eigenvalue weighted by molar-refractivity contribution is 0.493. The normalized spacial score (nSPS) is 12.8. The van der Waals surface area contributed by atoms with Crippen molar-refractivity contribution in [2.24, 2.45) is 0 Å². The molecule has 2 aromatic heterocycles. The van der Waals surface area contributed by atoms with Crippen LogP contribution in [0.5, 0.6) is 0 Å². The van der Waals surface area contributed by atoms with Crippen molar-refractivity contribution in [1.29, 1.82) is 0 Å². The first-order valence-electron chi connectivity index (χ1n) is 7.26. The van der Waals surface area contributed by atoms with E-state index in [2.05, 4.69) is 24.3 Å². The fourth-order valence-corrected chi connectivity index (χ4v) is 2.88.